The molecular weight excluding hydrogens is 278 g/mol. The zero-order valence-electron chi connectivity index (χ0n) is 12.0. The average Bonchev–Trinajstić information content (AvgIpc) is 3.15. The fraction of sp³-hybridized carbons (Fsp3) is 0.118. The third kappa shape index (κ3) is 1.98. The Morgan fingerprint density at radius 2 is 2.05 bits per heavy atom. The van der Waals surface area contributed by atoms with E-state index in [9.17, 15) is 4.79 Å². The summed E-state index contributed by atoms with van der Waals surface area (Å²) in [5.41, 5.74) is 6.10. The molecule has 0 saturated carbocycles. The van der Waals surface area contributed by atoms with Gasteiger partial charge in [0.25, 0.3) is 5.89 Å². The van der Waals surface area contributed by atoms with E-state index in [4.69, 9.17) is 4.52 Å². The number of rotatable bonds is 2. The first-order valence-corrected chi connectivity index (χ1v) is 7.02. The quantitative estimate of drug-likeness (QED) is 0.787. The maximum absolute atomic E-state index is 11.5. The summed E-state index contributed by atoms with van der Waals surface area (Å²) < 4.78 is 5.16. The van der Waals surface area contributed by atoms with Crippen LogP contribution in [0.4, 0.5) is 5.69 Å². The van der Waals surface area contributed by atoms with Gasteiger partial charge >= 0.3 is 0 Å². The normalized spacial score (nSPS) is 13.0. The van der Waals surface area contributed by atoms with E-state index < -0.39 is 0 Å². The van der Waals surface area contributed by atoms with Gasteiger partial charge in [0, 0.05) is 11.3 Å². The van der Waals surface area contributed by atoms with Crippen LogP contribution in [0.15, 0.2) is 47.2 Å². The smallest absolute Gasteiger partial charge is 0.257 e. The second-order valence-corrected chi connectivity index (χ2v) is 5.32. The zero-order chi connectivity index (χ0) is 15.1. The number of nitrogens with zero attached hydrogens (tertiary/aromatic N) is 2. The fourth-order valence-corrected chi connectivity index (χ4v) is 2.87. The predicted molar refractivity (Wildman–Crippen MR) is 82.2 cm³/mol. The molecule has 0 unspecified atom stereocenters. The lowest BCUT2D eigenvalue weighted by molar-refractivity contribution is -0.115. The number of amides is 1. The van der Waals surface area contributed by atoms with Crippen LogP contribution < -0.4 is 5.32 Å². The van der Waals surface area contributed by atoms with Gasteiger partial charge in [0.2, 0.25) is 5.91 Å². The van der Waals surface area contributed by atoms with Crippen molar-refractivity contribution in [3.05, 3.63) is 53.9 Å². The minimum Gasteiger partial charge on any atom is -0.334 e. The summed E-state index contributed by atoms with van der Waals surface area (Å²) in [5, 5.41) is 6.52. The summed E-state index contributed by atoms with van der Waals surface area (Å²) in [6.45, 7) is 2.03. The van der Waals surface area contributed by atoms with E-state index in [0.29, 0.717) is 12.3 Å². The maximum atomic E-state index is 11.5. The Balaban J connectivity index is 1.83. The van der Waals surface area contributed by atoms with E-state index in [1.807, 2.05) is 31.2 Å². The Labute approximate surface area is 127 Å². The summed E-state index contributed by atoms with van der Waals surface area (Å²) in [6, 6.07) is 12.0. The van der Waals surface area contributed by atoms with Crippen LogP contribution in [-0.2, 0) is 11.2 Å². The molecule has 2 heterocycles. The number of carbonyl (C=O) groups excluding carboxylic acids is 1. The highest BCUT2D eigenvalue weighted by Crippen LogP contribution is 2.34. The number of hydrogen-bond donors (Lipinski definition) is 1. The Kier molecular flexibility index (Phi) is 2.79. The summed E-state index contributed by atoms with van der Waals surface area (Å²) >= 11 is 0. The Morgan fingerprint density at radius 1 is 1.18 bits per heavy atom. The number of fused-ring (bicyclic) bond motifs is 1. The van der Waals surface area contributed by atoms with Crippen LogP contribution >= 0.6 is 0 Å². The van der Waals surface area contributed by atoms with Gasteiger partial charge in [0.1, 0.15) is 0 Å². The SMILES string of the molecule is Cc1c(-c2ccc3c(c2)CC(=O)N3)cccc1-c1ncno1. The molecule has 0 radical (unpaired) electrons. The van der Waals surface area contributed by atoms with Crippen molar-refractivity contribution in [2.75, 3.05) is 5.32 Å². The van der Waals surface area contributed by atoms with Crippen LogP contribution in [0, 0.1) is 6.92 Å². The molecule has 0 aliphatic carbocycles. The van der Waals surface area contributed by atoms with Crippen molar-refractivity contribution in [3.63, 3.8) is 0 Å². The molecule has 22 heavy (non-hydrogen) atoms. The van der Waals surface area contributed by atoms with Crippen molar-refractivity contribution in [2.45, 2.75) is 13.3 Å². The Morgan fingerprint density at radius 3 is 2.86 bits per heavy atom. The van der Waals surface area contributed by atoms with Crippen molar-refractivity contribution in [1.29, 1.82) is 0 Å². The monoisotopic (exact) mass is 291 g/mol. The third-order valence-electron chi connectivity index (χ3n) is 3.97. The molecule has 3 aromatic rings. The van der Waals surface area contributed by atoms with Crippen LogP contribution in [-0.4, -0.2) is 16.0 Å². The molecule has 0 atom stereocenters. The molecule has 1 aliphatic heterocycles. The van der Waals surface area contributed by atoms with Gasteiger partial charge in [-0.3, -0.25) is 4.79 Å². The van der Waals surface area contributed by atoms with Crippen LogP contribution in [0.1, 0.15) is 11.1 Å². The van der Waals surface area contributed by atoms with Crippen molar-refractivity contribution in [3.8, 4) is 22.6 Å². The molecule has 0 bridgehead atoms. The summed E-state index contributed by atoms with van der Waals surface area (Å²) in [7, 11) is 0. The highest BCUT2D eigenvalue weighted by molar-refractivity contribution is 5.99. The standard InChI is InChI=1S/C17H13N3O2/c1-10-13(3-2-4-14(10)17-18-9-19-22-17)11-5-6-15-12(7-11)8-16(21)20-15/h2-7,9H,8H2,1H3,(H,20,21). The molecule has 1 N–H and O–H groups in total. The lowest BCUT2D eigenvalue weighted by atomic mass is 9.95. The number of aromatic nitrogens is 2. The van der Waals surface area contributed by atoms with Gasteiger partial charge in [-0.1, -0.05) is 23.4 Å². The third-order valence-corrected chi connectivity index (χ3v) is 3.97. The van der Waals surface area contributed by atoms with E-state index in [1.54, 1.807) is 0 Å². The van der Waals surface area contributed by atoms with Crippen molar-refractivity contribution < 1.29 is 9.32 Å². The molecule has 5 heteroatoms. The van der Waals surface area contributed by atoms with Crippen molar-refractivity contribution >= 4 is 11.6 Å². The number of nitrogens with one attached hydrogen (secondary N) is 1. The number of carbonyl (C=O) groups is 1. The van der Waals surface area contributed by atoms with E-state index in [0.717, 1.165) is 33.5 Å². The number of benzene rings is 2. The lowest BCUT2D eigenvalue weighted by Crippen LogP contribution is -2.03. The maximum Gasteiger partial charge on any atom is 0.257 e. The molecule has 1 aromatic heterocycles. The molecule has 4 rings (SSSR count). The molecule has 1 amide bonds. The van der Waals surface area contributed by atoms with E-state index in [-0.39, 0.29) is 5.91 Å². The minimum absolute atomic E-state index is 0.0449. The van der Waals surface area contributed by atoms with Gasteiger partial charge in [-0.25, -0.2) is 0 Å². The lowest BCUT2D eigenvalue weighted by Gasteiger charge is -2.10. The second kappa shape index (κ2) is 4.80. The molecule has 0 spiro atoms. The van der Waals surface area contributed by atoms with Gasteiger partial charge < -0.3 is 9.84 Å². The molecular formula is C17H13N3O2. The molecule has 0 saturated heterocycles. The van der Waals surface area contributed by atoms with Crippen molar-refractivity contribution in [2.24, 2.45) is 0 Å². The average molecular weight is 291 g/mol. The largest absolute Gasteiger partial charge is 0.334 e. The van der Waals surface area contributed by atoms with Gasteiger partial charge in [-0.05, 0) is 47.4 Å². The fourth-order valence-electron chi connectivity index (χ4n) is 2.87. The second-order valence-electron chi connectivity index (χ2n) is 5.32. The van der Waals surface area contributed by atoms with Gasteiger partial charge in [0.05, 0.1) is 6.42 Å². The molecule has 5 nitrogen and oxygen atoms in total. The summed E-state index contributed by atoms with van der Waals surface area (Å²) in [5.74, 6) is 0.556. The zero-order valence-corrected chi connectivity index (χ0v) is 12.0. The van der Waals surface area contributed by atoms with E-state index in [1.165, 1.54) is 6.33 Å². The van der Waals surface area contributed by atoms with Crippen LogP contribution in [0.2, 0.25) is 0 Å². The van der Waals surface area contributed by atoms with Gasteiger partial charge in [-0.15, -0.1) is 0 Å². The highest BCUT2D eigenvalue weighted by atomic mass is 16.5. The summed E-state index contributed by atoms with van der Waals surface area (Å²) in [4.78, 5) is 15.6. The van der Waals surface area contributed by atoms with Crippen LogP contribution in [0.3, 0.4) is 0 Å². The highest BCUT2D eigenvalue weighted by Gasteiger charge is 2.19. The van der Waals surface area contributed by atoms with E-state index >= 15 is 0 Å². The molecule has 108 valence electrons. The van der Waals surface area contributed by atoms with E-state index in [2.05, 4.69) is 27.6 Å². The topological polar surface area (TPSA) is 68.0 Å². The first kappa shape index (κ1) is 12.8. The molecule has 1 aliphatic rings. The Hall–Kier alpha value is -2.95. The number of hydrogen-bond acceptors (Lipinski definition) is 4. The summed E-state index contributed by atoms with van der Waals surface area (Å²) in [6.07, 6.45) is 1.83. The number of anilines is 1. The first-order chi connectivity index (χ1) is 10.7. The predicted octanol–water partition coefficient (Wildman–Crippen LogP) is 3.21. The van der Waals surface area contributed by atoms with Gasteiger partial charge in [0.15, 0.2) is 6.33 Å². The van der Waals surface area contributed by atoms with Crippen LogP contribution in [0.5, 0.6) is 0 Å². The van der Waals surface area contributed by atoms with Crippen LogP contribution in [0.25, 0.3) is 22.6 Å². The Bertz CT molecular complexity index is 870. The van der Waals surface area contributed by atoms with Crippen molar-refractivity contribution in [1.82, 2.24) is 10.1 Å². The molecule has 0 fully saturated rings. The minimum atomic E-state index is 0.0449. The first-order valence-electron chi connectivity index (χ1n) is 7.02. The molecule has 2 aromatic carbocycles. The van der Waals surface area contributed by atoms with Gasteiger partial charge in [-0.2, -0.15) is 4.98 Å².